The summed E-state index contributed by atoms with van der Waals surface area (Å²) in [7, 11) is 0. The van der Waals surface area contributed by atoms with Crippen molar-refractivity contribution in [3.8, 4) is 33.8 Å². The molecule has 0 radical (unpaired) electrons. The zero-order valence-corrected chi connectivity index (χ0v) is 15.8. The number of phenolic OH excluding ortho intramolecular Hbond substituents is 1. The molecule has 28 heavy (non-hydrogen) atoms. The number of ether oxygens (including phenoxy) is 1. The Morgan fingerprint density at radius 3 is 1.82 bits per heavy atom. The van der Waals surface area contributed by atoms with E-state index in [1.165, 1.54) is 5.56 Å². The van der Waals surface area contributed by atoms with E-state index in [4.69, 9.17) is 4.74 Å². The van der Waals surface area contributed by atoms with Crippen LogP contribution in [0.5, 0.6) is 11.5 Å². The molecule has 0 aliphatic carbocycles. The largest absolute Gasteiger partial charge is 0.508 e. The van der Waals surface area contributed by atoms with Crippen molar-refractivity contribution in [2.24, 2.45) is 0 Å². The fourth-order valence-corrected chi connectivity index (χ4v) is 3.18. The van der Waals surface area contributed by atoms with Crippen molar-refractivity contribution < 1.29 is 9.84 Å². The van der Waals surface area contributed by atoms with Gasteiger partial charge in [0.05, 0.1) is 0 Å². The van der Waals surface area contributed by atoms with Crippen LogP contribution in [-0.2, 0) is 6.61 Å². The molecule has 0 bridgehead atoms. The summed E-state index contributed by atoms with van der Waals surface area (Å²) in [4.78, 5) is 0. The lowest BCUT2D eigenvalue weighted by atomic mass is 9.98. The normalized spacial score (nSPS) is 10.6. The van der Waals surface area contributed by atoms with Crippen LogP contribution in [-0.4, -0.2) is 5.11 Å². The summed E-state index contributed by atoms with van der Waals surface area (Å²) in [5.74, 6) is 1.09. The third-order valence-electron chi connectivity index (χ3n) is 4.74. The van der Waals surface area contributed by atoms with Crippen LogP contribution < -0.4 is 4.74 Å². The molecule has 0 heterocycles. The predicted octanol–water partition coefficient (Wildman–Crippen LogP) is 6.61. The third kappa shape index (κ3) is 4.24. The summed E-state index contributed by atoms with van der Waals surface area (Å²) >= 11 is 0. The van der Waals surface area contributed by atoms with Crippen LogP contribution in [0.1, 0.15) is 11.1 Å². The van der Waals surface area contributed by atoms with Gasteiger partial charge in [-0.3, -0.25) is 0 Å². The second kappa shape index (κ2) is 8.01. The smallest absolute Gasteiger partial charge is 0.119 e. The Kier molecular flexibility index (Phi) is 5.11. The Bertz CT molecular complexity index is 1050. The Morgan fingerprint density at radius 1 is 0.643 bits per heavy atom. The van der Waals surface area contributed by atoms with Gasteiger partial charge >= 0.3 is 0 Å². The molecule has 0 amide bonds. The van der Waals surface area contributed by atoms with Gasteiger partial charge in [0.25, 0.3) is 0 Å². The van der Waals surface area contributed by atoms with Crippen LogP contribution >= 0.6 is 0 Å². The van der Waals surface area contributed by atoms with E-state index in [2.05, 4.69) is 37.3 Å². The van der Waals surface area contributed by atoms with Crippen molar-refractivity contribution in [1.82, 2.24) is 0 Å². The first kappa shape index (κ1) is 17.9. The highest BCUT2D eigenvalue weighted by Crippen LogP contribution is 2.32. The van der Waals surface area contributed by atoms with Gasteiger partial charge in [0.15, 0.2) is 0 Å². The molecule has 1 N–H and O–H groups in total. The number of phenols is 1. The van der Waals surface area contributed by atoms with Crippen LogP contribution in [0.15, 0.2) is 97.1 Å². The topological polar surface area (TPSA) is 29.5 Å². The monoisotopic (exact) mass is 366 g/mol. The molecule has 0 saturated carbocycles. The highest BCUT2D eigenvalue weighted by Gasteiger charge is 2.06. The van der Waals surface area contributed by atoms with E-state index < -0.39 is 0 Å². The minimum absolute atomic E-state index is 0.262. The number of rotatable bonds is 5. The molecule has 0 unspecified atom stereocenters. The molecular weight excluding hydrogens is 344 g/mol. The Balaban J connectivity index is 1.54. The summed E-state index contributed by atoms with van der Waals surface area (Å²) in [5, 5.41) is 10.2. The summed E-state index contributed by atoms with van der Waals surface area (Å²) in [6, 6.07) is 32.1. The molecule has 2 heteroatoms. The van der Waals surface area contributed by atoms with Gasteiger partial charge in [-0.25, -0.2) is 0 Å². The van der Waals surface area contributed by atoms with Crippen molar-refractivity contribution in [2.45, 2.75) is 13.5 Å². The zero-order chi connectivity index (χ0) is 19.3. The van der Waals surface area contributed by atoms with Gasteiger partial charge in [-0.2, -0.15) is 0 Å². The van der Waals surface area contributed by atoms with Crippen LogP contribution in [0, 0.1) is 6.92 Å². The molecule has 4 aromatic rings. The van der Waals surface area contributed by atoms with E-state index in [9.17, 15) is 5.11 Å². The first-order valence-electron chi connectivity index (χ1n) is 9.36. The van der Waals surface area contributed by atoms with Gasteiger partial charge < -0.3 is 9.84 Å². The Labute approximate surface area is 165 Å². The van der Waals surface area contributed by atoms with Crippen molar-refractivity contribution in [2.75, 3.05) is 0 Å². The lowest BCUT2D eigenvalue weighted by molar-refractivity contribution is 0.306. The number of aryl methyl sites for hydroxylation is 1. The predicted molar refractivity (Wildman–Crippen MR) is 114 cm³/mol. The van der Waals surface area contributed by atoms with Crippen molar-refractivity contribution in [1.29, 1.82) is 0 Å². The molecule has 0 fully saturated rings. The summed E-state index contributed by atoms with van der Waals surface area (Å²) in [6.07, 6.45) is 0. The highest BCUT2D eigenvalue weighted by molar-refractivity contribution is 5.75. The molecule has 4 aromatic carbocycles. The first-order valence-corrected chi connectivity index (χ1v) is 9.36. The fraction of sp³-hybridized carbons (Fsp3) is 0.0769. The quantitative estimate of drug-likeness (QED) is 0.430. The second-order valence-corrected chi connectivity index (χ2v) is 6.93. The molecule has 0 aliphatic rings. The molecular formula is C26H22O2. The molecule has 0 spiro atoms. The van der Waals surface area contributed by atoms with Gasteiger partial charge in [0.2, 0.25) is 0 Å². The summed E-state index contributed by atoms with van der Waals surface area (Å²) in [6.45, 7) is 2.61. The third-order valence-corrected chi connectivity index (χ3v) is 4.74. The van der Waals surface area contributed by atoms with Gasteiger partial charge in [-0.1, -0.05) is 72.3 Å². The summed E-state index contributed by atoms with van der Waals surface area (Å²) < 4.78 is 5.86. The van der Waals surface area contributed by atoms with Crippen molar-refractivity contribution in [3.63, 3.8) is 0 Å². The van der Waals surface area contributed by atoms with Crippen molar-refractivity contribution >= 4 is 0 Å². The van der Waals surface area contributed by atoms with Crippen LogP contribution in [0.3, 0.4) is 0 Å². The van der Waals surface area contributed by atoms with Gasteiger partial charge in [0, 0.05) is 0 Å². The average Bonchev–Trinajstić information content (AvgIpc) is 2.73. The molecule has 138 valence electrons. The van der Waals surface area contributed by atoms with E-state index >= 15 is 0 Å². The van der Waals surface area contributed by atoms with Crippen LogP contribution in [0.25, 0.3) is 22.3 Å². The highest BCUT2D eigenvalue weighted by atomic mass is 16.5. The lowest BCUT2D eigenvalue weighted by Gasteiger charge is -2.10. The average molecular weight is 366 g/mol. The van der Waals surface area contributed by atoms with Crippen LogP contribution in [0.4, 0.5) is 0 Å². The Hall–Kier alpha value is -3.52. The van der Waals surface area contributed by atoms with Gasteiger partial charge in [0.1, 0.15) is 18.1 Å². The van der Waals surface area contributed by atoms with Gasteiger partial charge in [-0.05, 0) is 65.1 Å². The molecule has 0 aliphatic heterocycles. The first-order chi connectivity index (χ1) is 13.7. The fourth-order valence-electron chi connectivity index (χ4n) is 3.18. The van der Waals surface area contributed by atoms with Crippen molar-refractivity contribution in [3.05, 3.63) is 108 Å². The number of aromatic hydroxyl groups is 1. The van der Waals surface area contributed by atoms with E-state index in [-0.39, 0.29) is 5.75 Å². The maximum Gasteiger partial charge on any atom is 0.119 e. The SMILES string of the molecule is Cc1ccc(-c2cc(O)cc(-c3ccc(OCc4ccccc4)cc3)c2)cc1. The minimum Gasteiger partial charge on any atom is -0.508 e. The standard InChI is InChI=1S/C26H22O2/c1-19-7-9-21(10-8-19)23-15-24(17-25(27)16-23)22-11-13-26(14-12-22)28-18-20-5-3-2-4-6-20/h2-17,27H,18H2,1H3. The van der Waals surface area contributed by atoms with E-state index in [0.717, 1.165) is 33.6 Å². The molecule has 0 saturated heterocycles. The number of hydrogen-bond donors (Lipinski definition) is 1. The zero-order valence-electron chi connectivity index (χ0n) is 15.8. The molecule has 4 rings (SSSR count). The number of benzene rings is 4. The van der Waals surface area contributed by atoms with Crippen LogP contribution in [0.2, 0.25) is 0 Å². The number of hydrogen-bond acceptors (Lipinski definition) is 2. The lowest BCUT2D eigenvalue weighted by Crippen LogP contribution is -1.94. The Morgan fingerprint density at radius 2 is 1.21 bits per heavy atom. The molecule has 2 nitrogen and oxygen atoms in total. The summed E-state index contributed by atoms with van der Waals surface area (Å²) in [5.41, 5.74) is 6.46. The maximum absolute atomic E-state index is 10.2. The van der Waals surface area contributed by atoms with Gasteiger partial charge in [-0.15, -0.1) is 0 Å². The van der Waals surface area contributed by atoms with E-state index in [1.54, 1.807) is 12.1 Å². The van der Waals surface area contributed by atoms with E-state index in [0.29, 0.717) is 6.61 Å². The molecule has 0 atom stereocenters. The second-order valence-electron chi connectivity index (χ2n) is 6.93. The molecule has 0 aromatic heterocycles. The minimum atomic E-state index is 0.262. The van der Waals surface area contributed by atoms with E-state index in [1.807, 2.05) is 54.6 Å². The maximum atomic E-state index is 10.2.